The van der Waals surface area contributed by atoms with Crippen molar-refractivity contribution >= 4 is 23.9 Å². The van der Waals surface area contributed by atoms with Crippen molar-refractivity contribution in [2.24, 2.45) is 16.8 Å². The number of carbonyl (C=O) groups is 3. The summed E-state index contributed by atoms with van der Waals surface area (Å²) in [5.41, 5.74) is 6.05. The van der Waals surface area contributed by atoms with E-state index in [4.69, 9.17) is 10.5 Å². The van der Waals surface area contributed by atoms with Gasteiger partial charge in [0.25, 0.3) is 5.96 Å². The zero-order valence-corrected chi connectivity index (χ0v) is 17.8. The second-order valence-electron chi connectivity index (χ2n) is 7.12. The van der Waals surface area contributed by atoms with Crippen molar-refractivity contribution in [1.29, 1.82) is 0 Å². The number of aliphatic carboxylic acids is 1. The SMILES string of the molecule is CC(C)[C@@H](NC(=O)OCc1ccccc1)C(=O)N[C@@H](CCCN/C(N)=N\[N+](=O)[O-])C(=O)O. The molecule has 2 amide bonds. The van der Waals surface area contributed by atoms with Crippen molar-refractivity contribution in [3.8, 4) is 0 Å². The van der Waals surface area contributed by atoms with Crippen LogP contribution in [0, 0.1) is 16.0 Å². The van der Waals surface area contributed by atoms with Gasteiger partial charge in [-0.25, -0.2) is 19.7 Å². The number of nitrogens with two attached hydrogens (primary N) is 1. The Morgan fingerprint density at radius 2 is 1.88 bits per heavy atom. The number of ether oxygens (including phenoxy) is 1. The molecule has 176 valence electrons. The van der Waals surface area contributed by atoms with E-state index >= 15 is 0 Å². The van der Waals surface area contributed by atoms with Gasteiger partial charge in [-0.15, -0.1) is 0 Å². The lowest BCUT2D eigenvalue weighted by Gasteiger charge is -2.23. The first kappa shape index (κ1) is 26.1. The number of guanidine groups is 1. The lowest BCUT2D eigenvalue weighted by atomic mass is 10.0. The van der Waals surface area contributed by atoms with E-state index in [1.165, 1.54) is 0 Å². The predicted octanol–water partition coefficient (Wildman–Crippen LogP) is 0.383. The Labute approximate surface area is 184 Å². The normalized spacial score (nSPS) is 13.0. The van der Waals surface area contributed by atoms with Crippen LogP contribution in [0.15, 0.2) is 35.4 Å². The standard InChI is InChI=1S/C19H28N6O7/c1-12(2)15(23-19(29)32-11-13-7-4-3-5-8-13)16(26)22-14(17(27)28)9-6-10-21-18(20)24-25(30)31/h3-5,7-8,12,14-15H,6,9-11H2,1-2H3,(H,22,26)(H,23,29)(H,27,28)(H3,20,21,24)/t14-,15+/m0/s1. The molecule has 0 aliphatic heterocycles. The summed E-state index contributed by atoms with van der Waals surface area (Å²) in [6, 6.07) is 6.74. The molecule has 1 aromatic rings. The summed E-state index contributed by atoms with van der Waals surface area (Å²) < 4.78 is 5.12. The highest BCUT2D eigenvalue weighted by atomic mass is 16.7. The van der Waals surface area contributed by atoms with Crippen molar-refractivity contribution in [2.75, 3.05) is 6.54 Å². The van der Waals surface area contributed by atoms with Crippen LogP contribution in [0.4, 0.5) is 4.79 Å². The first-order valence-corrected chi connectivity index (χ1v) is 9.82. The number of alkyl carbamates (subject to hydrolysis) is 1. The minimum atomic E-state index is -1.26. The Morgan fingerprint density at radius 3 is 2.44 bits per heavy atom. The van der Waals surface area contributed by atoms with Crippen LogP contribution in [-0.4, -0.2) is 52.7 Å². The van der Waals surface area contributed by atoms with E-state index in [0.717, 1.165) is 5.56 Å². The Kier molecular flexibility index (Phi) is 11.0. The third-order valence-electron chi connectivity index (χ3n) is 4.21. The molecule has 0 aliphatic rings. The average Bonchev–Trinajstić information content (AvgIpc) is 2.72. The van der Waals surface area contributed by atoms with Crippen molar-refractivity contribution in [3.63, 3.8) is 0 Å². The number of nitro groups is 1. The molecule has 0 bridgehead atoms. The van der Waals surface area contributed by atoms with Gasteiger partial charge in [0, 0.05) is 6.54 Å². The van der Waals surface area contributed by atoms with Gasteiger partial charge < -0.3 is 31.5 Å². The number of amides is 2. The van der Waals surface area contributed by atoms with Gasteiger partial charge in [-0.1, -0.05) is 44.2 Å². The quantitative estimate of drug-likeness (QED) is 0.0978. The second kappa shape index (κ2) is 13.4. The Morgan fingerprint density at radius 1 is 1.22 bits per heavy atom. The number of nitrogens with zero attached hydrogens (tertiary/aromatic N) is 2. The van der Waals surface area contributed by atoms with Gasteiger partial charge in [-0.3, -0.25) is 4.79 Å². The fourth-order valence-electron chi connectivity index (χ4n) is 2.59. The van der Waals surface area contributed by atoms with Crippen LogP contribution in [0.5, 0.6) is 0 Å². The number of carboxylic acid groups (broad SMARTS) is 1. The Hall–Kier alpha value is -3.90. The molecular formula is C19H28N6O7. The fourth-order valence-corrected chi connectivity index (χ4v) is 2.59. The van der Waals surface area contributed by atoms with E-state index in [9.17, 15) is 29.6 Å². The summed E-state index contributed by atoms with van der Waals surface area (Å²) in [4.78, 5) is 46.4. The van der Waals surface area contributed by atoms with Crippen LogP contribution >= 0.6 is 0 Å². The third-order valence-corrected chi connectivity index (χ3v) is 4.21. The van der Waals surface area contributed by atoms with Crippen molar-refractivity contribution in [3.05, 3.63) is 46.0 Å². The molecule has 0 aromatic heterocycles. The van der Waals surface area contributed by atoms with Gasteiger partial charge in [0.05, 0.1) is 0 Å². The van der Waals surface area contributed by atoms with Crippen molar-refractivity contribution in [2.45, 2.75) is 45.4 Å². The highest BCUT2D eigenvalue weighted by Crippen LogP contribution is 2.06. The summed E-state index contributed by atoms with van der Waals surface area (Å²) in [7, 11) is 0. The lowest BCUT2D eigenvalue weighted by molar-refractivity contribution is -0.485. The predicted molar refractivity (Wildman–Crippen MR) is 114 cm³/mol. The molecule has 0 unspecified atom stereocenters. The smallest absolute Gasteiger partial charge is 0.408 e. The summed E-state index contributed by atoms with van der Waals surface area (Å²) in [6.07, 6.45) is -0.563. The van der Waals surface area contributed by atoms with E-state index in [2.05, 4.69) is 21.1 Å². The summed E-state index contributed by atoms with van der Waals surface area (Å²) >= 11 is 0. The number of nitrogens with one attached hydrogen (secondary N) is 3. The van der Waals surface area contributed by atoms with Gasteiger partial charge in [0.1, 0.15) is 23.8 Å². The highest BCUT2D eigenvalue weighted by Gasteiger charge is 2.29. The molecule has 0 radical (unpaired) electrons. The van der Waals surface area contributed by atoms with Gasteiger partial charge in [0.2, 0.25) is 5.91 Å². The minimum Gasteiger partial charge on any atom is -0.480 e. The zero-order chi connectivity index (χ0) is 24.1. The molecule has 0 spiro atoms. The fraction of sp³-hybridized carbons (Fsp3) is 0.474. The first-order valence-electron chi connectivity index (χ1n) is 9.82. The zero-order valence-electron chi connectivity index (χ0n) is 17.8. The first-order chi connectivity index (χ1) is 15.1. The molecule has 0 fully saturated rings. The van der Waals surface area contributed by atoms with E-state index in [1.807, 2.05) is 6.07 Å². The van der Waals surface area contributed by atoms with E-state index in [0.29, 0.717) is 0 Å². The van der Waals surface area contributed by atoms with E-state index < -0.39 is 41.0 Å². The molecule has 13 nitrogen and oxygen atoms in total. The molecular weight excluding hydrogens is 424 g/mol. The van der Waals surface area contributed by atoms with Gasteiger partial charge in [0.15, 0.2) is 5.03 Å². The van der Waals surface area contributed by atoms with Crippen molar-refractivity contribution < 1.29 is 29.3 Å². The number of benzene rings is 1. The highest BCUT2D eigenvalue weighted by molar-refractivity contribution is 5.89. The number of carboxylic acids is 1. The molecule has 13 heteroatoms. The van der Waals surface area contributed by atoms with Gasteiger partial charge in [-0.05, 0) is 24.3 Å². The maximum absolute atomic E-state index is 12.6. The van der Waals surface area contributed by atoms with Crippen LogP contribution in [0.2, 0.25) is 0 Å². The van der Waals surface area contributed by atoms with Crippen molar-refractivity contribution in [1.82, 2.24) is 16.0 Å². The molecule has 0 saturated heterocycles. The summed E-state index contributed by atoms with van der Waals surface area (Å²) in [5.74, 6) is -2.69. The molecule has 1 aromatic carbocycles. The molecule has 32 heavy (non-hydrogen) atoms. The van der Waals surface area contributed by atoms with Gasteiger partial charge in [-0.2, -0.15) is 0 Å². The van der Waals surface area contributed by atoms with Crippen LogP contribution in [-0.2, 0) is 20.9 Å². The number of hydrogen-bond acceptors (Lipinski definition) is 6. The average molecular weight is 452 g/mol. The maximum Gasteiger partial charge on any atom is 0.408 e. The number of hydrogen-bond donors (Lipinski definition) is 5. The summed E-state index contributed by atoms with van der Waals surface area (Å²) in [5, 5.41) is 28.8. The molecule has 0 aliphatic carbocycles. The van der Waals surface area contributed by atoms with Crippen LogP contribution in [0.3, 0.4) is 0 Å². The van der Waals surface area contributed by atoms with E-state index in [1.54, 1.807) is 38.1 Å². The molecule has 0 saturated carbocycles. The minimum absolute atomic E-state index is 0.0170. The number of rotatable bonds is 12. The largest absolute Gasteiger partial charge is 0.480 e. The topological polar surface area (TPSA) is 198 Å². The monoisotopic (exact) mass is 452 g/mol. The Balaban J connectivity index is 2.58. The molecule has 6 N–H and O–H groups in total. The van der Waals surface area contributed by atoms with Crippen LogP contribution in [0.25, 0.3) is 0 Å². The number of hydrazone groups is 1. The third kappa shape index (κ3) is 10.2. The molecule has 0 heterocycles. The van der Waals surface area contributed by atoms with Crippen LogP contribution in [0.1, 0.15) is 32.3 Å². The Bertz CT molecular complexity index is 816. The number of carbonyl (C=O) groups excluding carboxylic acids is 2. The summed E-state index contributed by atoms with van der Waals surface area (Å²) in [6.45, 7) is 3.52. The molecule has 2 atom stereocenters. The molecule has 1 rings (SSSR count). The van der Waals surface area contributed by atoms with E-state index in [-0.39, 0.29) is 31.9 Å². The lowest BCUT2D eigenvalue weighted by Crippen LogP contribution is -2.53. The second-order valence-corrected chi connectivity index (χ2v) is 7.12. The van der Waals surface area contributed by atoms with Crippen LogP contribution < -0.4 is 21.7 Å². The maximum atomic E-state index is 12.6. The van der Waals surface area contributed by atoms with Gasteiger partial charge >= 0.3 is 12.1 Å².